The highest BCUT2D eigenvalue weighted by Crippen LogP contribution is 2.27. The molecular weight excluding hydrogens is 307 g/mol. The summed E-state index contributed by atoms with van der Waals surface area (Å²) in [4.78, 5) is 28.8. The van der Waals surface area contributed by atoms with E-state index in [0.29, 0.717) is 28.4 Å². The number of nitrogens with zero attached hydrogens (tertiary/aromatic N) is 2. The van der Waals surface area contributed by atoms with Crippen LogP contribution in [0.15, 0.2) is 30.5 Å². The summed E-state index contributed by atoms with van der Waals surface area (Å²) in [7, 11) is 0. The lowest BCUT2D eigenvalue weighted by Gasteiger charge is -2.18. The maximum atomic E-state index is 13.7. The molecule has 0 radical (unpaired) electrons. The monoisotopic (exact) mass is 322 g/mol. The van der Waals surface area contributed by atoms with Crippen molar-refractivity contribution >= 4 is 23.2 Å². The van der Waals surface area contributed by atoms with E-state index in [1.807, 2.05) is 6.92 Å². The molecule has 0 saturated carbocycles. The number of halogens is 1. The predicted octanol–water partition coefficient (Wildman–Crippen LogP) is 2.89. The first-order valence-corrected chi connectivity index (χ1v) is 7.56. The van der Waals surface area contributed by atoms with Gasteiger partial charge in [-0.1, -0.05) is 19.1 Å². The van der Waals surface area contributed by atoms with Crippen LogP contribution in [0.5, 0.6) is 0 Å². The molecule has 0 saturated heterocycles. The zero-order valence-corrected chi connectivity index (χ0v) is 12.8. The van der Waals surface area contributed by atoms with E-state index in [0.717, 1.165) is 11.3 Å². The second-order valence-corrected chi connectivity index (χ2v) is 5.66. The van der Waals surface area contributed by atoms with E-state index in [2.05, 4.69) is 4.98 Å². The molecule has 1 aromatic carbocycles. The Bertz CT molecular complexity index is 687. The Morgan fingerprint density at radius 1 is 1.36 bits per heavy atom. The highest BCUT2D eigenvalue weighted by Gasteiger charge is 2.21. The van der Waals surface area contributed by atoms with Crippen LogP contribution in [0.1, 0.15) is 23.0 Å². The van der Waals surface area contributed by atoms with E-state index in [-0.39, 0.29) is 6.54 Å². The van der Waals surface area contributed by atoms with Crippen LogP contribution in [0.3, 0.4) is 0 Å². The maximum Gasteiger partial charge on any atom is 0.323 e. The normalized spacial score (nSPS) is 10.5. The van der Waals surface area contributed by atoms with Crippen LogP contribution in [-0.4, -0.2) is 40.0 Å². The molecule has 0 spiro atoms. The summed E-state index contributed by atoms with van der Waals surface area (Å²) < 4.78 is 13.7. The standard InChI is InChI=1S/C15H15FN2O3S/c1-2-7-18(9-13(19)20)15(21)12-8-17-14(22-12)10-5-3-4-6-11(10)16/h3-6,8H,2,7,9H2,1H3,(H,19,20). The van der Waals surface area contributed by atoms with Crippen molar-refractivity contribution in [3.05, 3.63) is 41.2 Å². The maximum absolute atomic E-state index is 13.7. The molecule has 0 atom stereocenters. The molecule has 116 valence electrons. The molecule has 0 aliphatic rings. The summed E-state index contributed by atoms with van der Waals surface area (Å²) in [6.07, 6.45) is 2.01. The molecular formula is C15H15FN2O3S. The van der Waals surface area contributed by atoms with Gasteiger partial charge >= 0.3 is 5.97 Å². The van der Waals surface area contributed by atoms with E-state index in [1.54, 1.807) is 18.2 Å². The Hall–Kier alpha value is -2.28. The summed E-state index contributed by atoms with van der Waals surface area (Å²) in [5.41, 5.74) is 0.326. The molecule has 2 aromatic rings. The number of carboxylic acids is 1. The van der Waals surface area contributed by atoms with Gasteiger partial charge in [0.15, 0.2) is 0 Å². The van der Waals surface area contributed by atoms with Crippen molar-refractivity contribution < 1.29 is 19.1 Å². The Labute approximate surface area is 131 Å². The molecule has 0 unspecified atom stereocenters. The smallest absolute Gasteiger partial charge is 0.323 e. The minimum absolute atomic E-state index is 0.299. The van der Waals surface area contributed by atoms with Crippen LogP contribution < -0.4 is 0 Å². The van der Waals surface area contributed by atoms with Gasteiger partial charge in [0.2, 0.25) is 0 Å². The Morgan fingerprint density at radius 3 is 2.73 bits per heavy atom. The van der Waals surface area contributed by atoms with E-state index in [4.69, 9.17) is 5.11 Å². The van der Waals surface area contributed by atoms with Crippen LogP contribution in [0.4, 0.5) is 4.39 Å². The van der Waals surface area contributed by atoms with Crippen molar-refractivity contribution in [1.29, 1.82) is 0 Å². The largest absolute Gasteiger partial charge is 0.480 e. The minimum Gasteiger partial charge on any atom is -0.480 e. The van der Waals surface area contributed by atoms with Crippen molar-refractivity contribution in [1.82, 2.24) is 9.88 Å². The third-order valence-electron chi connectivity index (χ3n) is 2.93. The second-order valence-electron chi connectivity index (χ2n) is 4.63. The van der Waals surface area contributed by atoms with Gasteiger partial charge in [-0.3, -0.25) is 9.59 Å². The van der Waals surface area contributed by atoms with Gasteiger partial charge in [-0.2, -0.15) is 0 Å². The lowest BCUT2D eigenvalue weighted by molar-refractivity contribution is -0.137. The molecule has 0 aliphatic heterocycles. The van der Waals surface area contributed by atoms with Gasteiger partial charge in [0.25, 0.3) is 5.91 Å². The molecule has 2 rings (SSSR count). The molecule has 0 fully saturated rings. The van der Waals surface area contributed by atoms with Crippen molar-refractivity contribution in [2.75, 3.05) is 13.1 Å². The molecule has 22 heavy (non-hydrogen) atoms. The van der Waals surface area contributed by atoms with Gasteiger partial charge in [-0.15, -0.1) is 11.3 Å². The number of benzene rings is 1. The second kappa shape index (κ2) is 7.13. The fourth-order valence-corrected chi connectivity index (χ4v) is 2.88. The fraction of sp³-hybridized carbons (Fsp3) is 0.267. The van der Waals surface area contributed by atoms with E-state index >= 15 is 0 Å². The SMILES string of the molecule is CCCN(CC(=O)O)C(=O)c1cnc(-c2ccccc2F)s1. The molecule has 1 amide bonds. The summed E-state index contributed by atoms with van der Waals surface area (Å²) in [6.45, 7) is 1.84. The van der Waals surface area contributed by atoms with Gasteiger partial charge in [0.05, 0.1) is 6.20 Å². The van der Waals surface area contributed by atoms with Crippen LogP contribution in [0, 0.1) is 5.82 Å². The number of hydrogen-bond donors (Lipinski definition) is 1. The lowest BCUT2D eigenvalue weighted by Crippen LogP contribution is -2.35. The molecule has 1 aromatic heterocycles. The fourth-order valence-electron chi connectivity index (χ4n) is 1.97. The summed E-state index contributed by atoms with van der Waals surface area (Å²) in [5.74, 6) is -1.88. The first kappa shape index (κ1) is 16.1. The van der Waals surface area contributed by atoms with Gasteiger partial charge < -0.3 is 10.0 Å². The van der Waals surface area contributed by atoms with E-state index in [1.165, 1.54) is 17.2 Å². The van der Waals surface area contributed by atoms with Crippen molar-refractivity contribution in [2.24, 2.45) is 0 Å². The summed E-state index contributed by atoms with van der Waals surface area (Å²) in [6, 6.07) is 6.18. The summed E-state index contributed by atoms with van der Waals surface area (Å²) in [5, 5.41) is 9.27. The zero-order valence-electron chi connectivity index (χ0n) is 12.0. The third kappa shape index (κ3) is 3.67. The Balaban J connectivity index is 2.24. The number of rotatable bonds is 6. The number of aliphatic carboxylic acids is 1. The number of hydrogen-bond acceptors (Lipinski definition) is 4. The van der Waals surface area contributed by atoms with Gasteiger partial charge in [-0.25, -0.2) is 9.37 Å². The minimum atomic E-state index is -1.07. The zero-order chi connectivity index (χ0) is 16.1. The number of thiazole rings is 1. The topological polar surface area (TPSA) is 70.5 Å². The average molecular weight is 322 g/mol. The van der Waals surface area contributed by atoms with Crippen LogP contribution >= 0.6 is 11.3 Å². The molecule has 1 heterocycles. The highest BCUT2D eigenvalue weighted by atomic mass is 32.1. The number of carboxylic acid groups (broad SMARTS) is 1. The van der Waals surface area contributed by atoms with Crippen molar-refractivity contribution in [2.45, 2.75) is 13.3 Å². The van der Waals surface area contributed by atoms with Gasteiger partial charge in [-0.05, 0) is 18.6 Å². The molecule has 0 aliphatic carbocycles. The first-order valence-electron chi connectivity index (χ1n) is 6.74. The first-order chi connectivity index (χ1) is 10.5. The number of amides is 1. The molecule has 5 nitrogen and oxygen atoms in total. The number of carbonyl (C=O) groups is 2. The Kier molecular flexibility index (Phi) is 5.21. The highest BCUT2D eigenvalue weighted by molar-refractivity contribution is 7.16. The van der Waals surface area contributed by atoms with Crippen molar-refractivity contribution in [3.63, 3.8) is 0 Å². The average Bonchev–Trinajstić information content (AvgIpc) is 2.95. The quantitative estimate of drug-likeness (QED) is 0.888. The summed E-state index contributed by atoms with van der Waals surface area (Å²) >= 11 is 1.05. The molecule has 7 heteroatoms. The number of carbonyl (C=O) groups excluding carboxylic acids is 1. The van der Waals surface area contributed by atoms with Gasteiger partial charge in [0.1, 0.15) is 22.2 Å². The van der Waals surface area contributed by atoms with E-state index in [9.17, 15) is 14.0 Å². The molecule has 0 bridgehead atoms. The lowest BCUT2D eigenvalue weighted by atomic mass is 10.2. The van der Waals surface area contributed by atoms with Crippen molar-refractivity contribution in [3.8, 4) is 10.6 Å². The van der Waals surface area contributed by atoms with Gasteiger partial charge in [0, 0.05) is 12.1 Å². The predicted molar refractivity (Wildman–Crippen MR) is 81.3 cm³/mol. The van der Waals surface area contributed by atoms with Crippen LogP contribution in [0.25, 0.3) is 10.6 Å². The third-order valence-corrected chi connectivity index (χ3v) is 3.95. The number of aromatic nitrogens is 1. The van der Waals surface area contributed by atoms with E-state index < -0.39 is 17.7 Å². The van der Waals surface area contributed by atoms with Crippen LogP contribution in [0.2, 0.25) is 0 Å². The Morgan fingerprint density at radius 2 is 2.09 bits per heavy atom. The van der Waals surface area contributed by atoms with Crippen LogP contribution in [-0.2, 0) is 4.79 Å². The molecule has 1 N–H and O–H groups in total.